The molecule has 4 rings (SSSR count). The van der Waals surface area contributed by atoms with Gasteiger partial charge in [0, 0.05) is 13.1 Å². The lowest BCUT2D eigenvalue weighted by Gasteiger charge is -2.15. The summed E-state index contributed by atoms with van der Waals surface area (Å²) in [7, 11) is -7.12. The lowest BCUT2D eigenvalue weighted by molar-refractivity contribution is 0.102. The Bertz CT molecular complexity index is 1360. The molecular weight excluding hydrogens is 458 g/mol. The number of aromatic nitrogens is 1. The van der Waals surface area contributed by atoms with Gasteiger partial charge in [-0.15, -0.1) is 0 Å². The van der Waals surface area contributed by atoms with Gasteiger partial charge in [0.1, 0.15) is 0 Å². The van der Waals surface area contributed by atoms with Gasteiger partial charge < -0.3 is 0 Å². The quantitative estimate of drug-likeness (QED) is 0.581. The smallest absolute Gasteiger partial charge is 0.258 e. The Morgan fingerprint density at radius 3 is 2.52 bits per heavy atom. The van der Waals surface area contributed by atoms with Crippen molar-refractivity contribution in [1.29, 1.82) is 0 Å². The number of nitrogens with one attached hydrogen (secondary N) is 1. The Morgan fingerprint density at radius 2 is 1.81 bits per heavy atom. The maximum absolute atomic E-state index is 12.8. The molecule has 0 atom stereocenters. The van der Waals surface area contributed by atoms with Gasteiger partial charge in [-0.1, -0.05) is 30.4 Å². The number of benzene rings is 2. The van der Waals surface area contributed by atoms with Crippen molar-refractivity contribution in [2.24, 2.45) is 0 Å². The summed E-state index contributed by atoms with van der Waals surface area (Å²) >= 11 is 1.14. The lowest BCUT2D eigenvalue weighted by Crippen LogP contribution is -2.27. The first-order chi connectivity index (χ1) is 14.7. The topological polar surface area (TPSA) is 114 Å². The van der Waals surface area contributed by atoms with Gasteiger partial charge in [0.15, 0.2) is 15.0 Å². The molecule has 1 amide bonds. The molecule has 2 heterocycles. The summed E-state index contributed by atoms with van der Waals surface area (Å²) in [4.78, 5) is 17.3. The van der Waals surface area contributed by atoms with Gasteiger partial charge in [0.05, 0.1) is 31.3 Å². The number of thiazole rings is 1. The first-order valence-electron chi connectivity index (χ1n) is 9.76. The second kappa shape index (κ2) is 8.30. The third-order valence-corrected chi connectivity index (χ3v) is 9.74. The largest absolute Gasteiger partial charge is 0.298 e. The maximum Gasteiger partial charge on any atom is 0.258 e. The summed E-state index contributed by atoms with van der Waals surface area (Å²) in [5, 5.41) is 2.91. The maximum atomic E-state index is 12.8. The Hall–Kier alpha value is -2.34. The molecule has 0 aliphatic carbocycles. The van der Waals surface area contributed by atoms with Crippen molar-refractivity contribution in [3.8, 4) is 0 Å². The molecule has 0 spiro atoms. The normalized spacial score (nSPS) is 15.4. The van der Waals surface area contributed by atoms with Crippen LogP contribution in [-0.2, 0) is 19.9 Å². The Morgan fingerprint density at radius 1 is 1.10 bits per heavy atom. The zero-order valence-electron chi connectivity index (χ0n) is 16.7. The van der Waals surface area contributed by atoms with Gasteiger partial charge in [0.2, 0.25) is 10.0 Å². The standard InChI is InChI=1S/C20H21N3O5S3/c1-2-30(25,26)18-8-4-3-7-15(18)19(24)22-20-21-16-10-9-14(13-17(16)29-20)31(27,28)23-11-5-6-12-23/h3-4,7-10,13H,2,5-6,11-12H2,1H3,(H,21,22,24). The molecule has 1 aliphatic rings. The SMILES string of the molecule is CCS(=O)(=O)c1ccccc1C(=O)Nc1nc2ccc(S(=O)(=O)N3CCCC3)cc2s1. The van der Waals surface area contributed by atoms with Crippen molar-refractivity contribution in [1.82, 2.24) is 9.29 Å². The number of sulfone groups is 1. The molecule has 0 radical (unpaired) electrons. The molecule has 2 aromatic carbocycles. The van der Waals surface area contributed by atoms with Gasteiger partial charge >= 0.3 is 0 Å². The van der Waals surface area contributed by atoms with Crippen LogP contribution in [0.5, 0.6) is 0 Å². The summed E-state index contributed by atoms with van der Waals surface area (Å²) in [6, 6.07) is 10.7. The van der Waals surface area contributed by atoms with E-state index in [1.54, 1.807) is 24.3 Å². The van der Waals surface area contributed by atoms with Crippen LogP contribution in [0.25, 0.3) is 10.2 Å². The first kappa shape index (κ1) is 21.9. The zero-order chi connectivity index (χ0) is 22.2. The van der Waals surface area contributed by atoms with E-state index in [9.17, 15) is 21.6 Å². The third-order valence-electron chi connectivity index (χ3n) is 5.13. The highest BCUT2D eigenvalue weighted by Crippen LogP contribution is 2.30. The molecule has 0 bridgehead atoms. The molecule has 164 valence electrons. The molecule has 8 nitrogen and oxygen atoms in total. The van der Waals surface area contributed by atoms with Crippen molar-refractivity contribution in [3.63, 3.8) is 0 Å². The van der Waals surface area contributed by atoms with Gasteiger partial charge in [-0.05, 0) is 43.2 Å². The average molecular weight is 480 g/mol. The molecule has 1 saturated heterocycles. The van der Waals surface area contributed by atoms with Gasteiger partial charge in [-0.3, -0.25) is 10.1 Å². The van der Waals surface area contributed by atoms with Gasteiger partial charge in [0.25, 0.3) is 5.91 Å². The van der Waals surface area contributed by atoms with E-state index in [0.29, 0.717) is 23.3 Å². The highest BCUT2D eigenvalue weighted by Gasteiger charge is 2.27. The van der Waals surface area contributed by atoms with Crippen LogP contribution in [0.4, 0.5) is 5.13 Å². The number of carbonyl (C=O) groups is 1. The highest BCUT2D eigenvalue weighted by molar-refractivity contribution is 7.91. The van der Waals surface area contributed by atoms with E-state index in [4.69, 9.17) is 0 Å². The number of nitrogens with zero attached hydrogens (tertiary/aromatic N) is 2. The number of sulfonamides is 1. The summed E-state index contributed by atoms with van der Waals surface area (Å²) in [6.07, 6.45) is 1.71. The average Bonchev–Trinajstić information content (AvgIpc) is 3.43. The third kappa shape index (κ3) is 4.22. The Balaban J connectivity index is 1.63. The van der Waals surface area contributed by atoms with Crippen LogP contribution in [0.1, 0.15) is 30.1 Å². The van der Waals surface area contributed by atoms with E-state index in [1.165, 1.54) is 29.4 Å². The van der Waals surface area contributed by atoms with Crippen LogP contribution in [0.15, 0.2) is 52.3 Å². The predicted octanol–water partition coefficient (Wildman–Crippen LogP) is 3.13. The molecule has 31 heavy (non-hydrogen) atoms. The summed E-state index contributed by atoms with van der Waals surface area (Å²) in [5.74, 6) is -0.705. The molecule has 1 aromatic heterocycles. The van der Waals surface area contributed by atoms with Crippen LogP contribution in [0, 0.1) is 0 Å². The van der Waals surface area contributed by atoms with Crippen molar-refractivity contribution < 1.29 is 21.6 Å². The molecule has 1 N–H and O–H groups in total. The van der Waals surface area contributed by atoms with E-state index in [1.807, 2.05) is 0 Å². The summed E-state index contributed by atoms with van der Waals surface area (Å²) in [5.41, 5.74) is 0.594. The monoisotopic (exact) mass is 479 g/mol. The number of fused-ring (bicyclic) bond motifs is 1. The second-order valence-electron chi connectivity index (χ2n) is 7.11. The minimum absolute atomic E-state index is 0.0323. The van der Waals surface area contributed by atoms with E-state index in [2.05, 4.69) is 10.3 Å². The van der Waals surface area contributed by atoms with Crippen molar-refractivity contribution in [2.75, 3.05) is 24.2 Å². The van der Waals surface area contributed by atoms with Crippen LogP contribution in [0.3, 0.4) is 0 Å². The highest BCUT2D eigenvalue weighted by atomic mass is 32.2. The molecular formula is C20H21N3O5S3. The number of amides is 1. The summed E-state index contributed by atoms with van der Waals surface area (Å²) in [6.45, 7) is 2.56. The number of anilines is 1. The van der Waals surface area contributed by atoms with Crippen LogP contribution in [-0.4, -0.2) is 50.9 Å². The molecule has 1 fully saturated rings. The van der Waals surface area contributed by atoms with E-state index >= 15 is 0 Å². The number of carbonyl (C=O) groups excluding carboxylic acids is 1. The zero-order valence-corrected chi connectivity index (χ0v) is 19.2. The molecule has 0 saturated carbocycles. The van der Waals surface area contributed by atoms with Gasteiger partial charge in [-0.25, -0.2) is 21.8 Å². The first-order valence-corrected chi connectivity index (χ1v) is 13.7. The molecule has 3 aromatic rings. The number of hydrogen-bond acceptors (Lipinski definition) is 7. The fourth-order valence-corrected chi connectivity index (χ4v) is 7.05. The lowest BCUT2D eigenvalue weighted by atomic mass is 10.2. The molecule has 1 aliphatic heterocycles. The predicted molar refractivity (Wildman–Crippen MR) is 120 cm³/mol. The Labute approximate surface area is 184 Å². The van der Waals surface area contributed by atoms with Crippen molar-refractivity contribution in [3.05, 3.63) is 48.0 Å². The van der Waals surface area contributed by atoms with Crippen LogP contribution in [0.2, 0.25) is 0 Å². The van der Waals surface area contributed by atoms with Crippen molar-refractivity contribution in [2.45, 2.75) is 29.6 Å². The second-order valence-corrected chi connectivity index (χ2v) is 12.3. The minimum Gasteiger partial charge on any atom is -0.298 e. The fourth-order valence-electron chi connectivity index (χ4n) is 3.44. The van der Waals surface area contributed by atoms with Gasteiger partial charge in [-0.2, -0.15) is 4.31 Å². The van der Waals surface area contributed by atoms with E-state index < -0.39 is 25.8 Å². The minimum atomic E-state index is -3.57. The number of rotatable bonds is 6. The number of hydrogen-bond donors (Lipinski definition) is 1. The molecule has 11 heteroatoms. The molecule has 0 unspecified atom stereocenters. The van der Waals surface area contributed by atoms with E-state index in [0.717, 1.165) is 24.2 Å². The summed E-state index contributed by atoms with van der Waals surface area (Å²) < 4.78 is 52.3. The van der Waals surface area contributed by atoms with Crippen LogP contribution < -0.4 is 5.32 Å². The van der Waals surface area contributed by atoms with Crippen LogP contribution >= 0.6 is 11.3 Å². The Kier molecular flexibility index (Phi) is 5.86. The van der Waals surface area contributed by atoms with E-state index in [-0.39, 0.29) is 26.2 Å². The fraction of sp³-hybridized carbons (Fsp3) is 0.300. The van der Waals surface area contributed by atoms with Crippen molar-refractivity contribution >= 4 is 52.5 Å².